The summed E-state index contributed by atoms with van der Waals surface area (Å²) >= 11 is 0. The second kappa shape index (κ2) is 7.23. The Bertz CT molecular complexity index is 925. The molecule has 0 aliphatic rings. The van der Waals surface area contributed by atoms with E-state index in [0.29, 0.717) is 29.0 Å². The summed E-state index contributed by atoms with van der Waals surface area (Å²) in [5.74, 6) is 1.06. The van der Waals surface area contributed by atoms with Gasteiger partial charge in [0.05, 0.1) is 25.3 Å². The van der Waals surface area contributed by atoms with Crippen molar-refractivity contribution in [2.24, 2.45) is 0 Å². The maximum Gasteiger partial charge on any atom is 0.272 e. The molecule has 3 N–H and O–H groups in total. The SMILES string of the molecule is COc1cc2c(Cc3cccc(N)c3)n[nH]c(=O)c2cc1OC.Cl. The molecule has 1 heterocycles. The normalized spacial score (nSPS) is 10.2. The third kappa shape index (κ3) is 3.28. The van der Waals surface area contributed by atoms with Crippen molar-refractivity contribution in [3.63, 3.8) is 0 Å². The van der Waals surface area contributed by atoms with Crippen LogP contribution in [0.2, 0.25) is 0 Å². The second-order valence-electron chi connectivity index (χ2n) is 5.17. The van der Waals surface area contributed by atoms with Crippen LogP contribution < -0.4 is 20.8 Å². The number of rotatable bonds is 4. The van der Waals surface area contributed by atoms with Crippen molar-refractivity contribution in [3.05, 3.63) is 58.0 Å². The minimum atomic E-state index is -0.266. The lowest BCUT2D eigenvalue weighted by molar-refractivity contribution is 0.356. The molecule has 0 amide bonds. The zero-order valence-corrected chi connectivity index (χ0v) is 14.1. The van der Waals surface area contributed by atoms with Crippen molar-refractivity contribution in [1.29, 1.82) is 0 Å². The van der Waals surface area contributed by atoms with E-state index >= 15 is 0 Å². The summed E-state index contributed by atoms with van der Waals surface area (Å²) < 4.78 is 10.6. The zero-order chi connectivity index (χ0) is 16.4. The molecule has 0 radical (unpaired) electrons. The number of nitrogens with zero attached hydrogens (tertiary/aromatic N) is 1. The smallest absolute Gasteiger partial charge is 0.272 e. The number of anilines is 1. The summed E-state index contributed by atoms with van der Waals surface area (Å²) in [6, 6.07) is 11.0. The fraction of sp³-hybridized carbons (Fsp3) is 0.176. The topological polar surface area (TPSA) is 90.2 Å². The highest BCUT2D eigenvalue weighted by atomic mass is 35.5. The zero-order valence-electron chi connectivity index (χ0n) is 13.3. The molecule has 2 aromatic carbocycles. The number of nitrogens with one attached hydrogen (secondary N) is 1. The number of fused-ring (bicyclic) bond motifs is 1. The van der Waals surface area contributed by atoms with Gasteiger partial charge in [-0.15, -0.1) is 12.4 Å². The standard InChI is InChI=1S/C17H17N3O3.ClH/c1-22-15-8-12-13(9-16(15)23-2)17(21)20-19-14(12)7-10-4-3-5-11(18)6-10;/h3-6,8-9H,7,18H2,1-2H3,(H,20,21);1H. The number of nitrogen functional groups attached to an aromatic ring is 1. The van der Waals surface area contributed by atoms with Crippen molar-refractivity contribution in [3.8, 4) is 11.5 Å². The van der Waals surface area contributed by atoms with Gasteiger partial charge < -0.3 is 15.2 Å². The van der Waals surface area contributed by atoms with Crippen LogP contribution in [0.25, 0.3) is 10.8 Å². The van der Waals surface area contributed by atoms with Crippen molar-refractivity contribution in [2.75, 3.05) is 20.0 Å². The first-order chi connectivity index (χ1) is 11.1. The van der Waals surface area contributed by atoms with Crippen LogP contribution in [0.3, 0.4) is 0 Å². The van der Waals surface area contributed by atoms with Crippen molar-refractivity contribution in [1.82, 2.24) is 10.2 Å². The van der Waals surface area contributed by atoms with Gasteiger partial charge in [-0.05, 0) is 29.8 Å². The van der Waals surface area contributed by atoms with Crippen molar-refractivity contribution >= 4 is 28.9 Å². The molecule has 0 fully saturated rings. The molecule has 0 aliphatic heterocycles. The molecule has 0 unspecified atom stereocenters. The molecule has 0 saturated carbocycles. The average Bonchev–Trinajstić information content (AvgIpc) is 2.56. The van der Waals surface area contributed by atoms with Gasteiger partial charge in [-0.2, -0.15) is 5.10 Å². The highest BCUT2D eigenvalue weighted by Crippen LogP contribution is 2.32. The lowest BCUT2D eigenvalue weighted by Crippen LogP contribution is -2.12. The number of ether oxygens (including phenoxy) is 2. The van der Waals surface area contributed by atoms with Gasteiger partial charge in [-0.25, -0.2) is 5.10 Å². The van der Waals surface area contributed by atoms with Crippen molar-refractivity contribution < 1.29 is 9.47 Å². The molecule has 0 bridgehead atoms. The molecule has 0 saturated heterocycles. The molecule has 3 rings (SSSR count). The Kier molecular flexibility index (Phi) is 5.31. The van der Waals surface area contributed by atoms with Gasteiger partial charge in [0.25, 0.3) is 5.56 Å². The number of benzene rings is 2. The van der Waals surface area contributed by atoms with E-state index in [2.05, 4.69) is 10.2 Å². The summed E-state index contributed by atoms with van der Waals surface area (Å²) in [4.78, 5) is 12.1. The summed E-state index contributed by atoms with van der Waals surface area (Å²) in [5.41, 5.74) is 8.00. The highest BCUT2D eigenvalue weighted by Gasteiger charge is 2.13. The van der Waals surface area contributed by atoms with E-state index in [1.165, 1.54) is 7.11 Å². The monoisotopic (exact) mass is 347 g/mol. The van der Waals surface area contributed by atoms with Gasteiger partial charge in [-0.3, -0.25) is 4.79 Å². The predicted octanol–water partition coefficient (Wildman–Crippen LogP) is 2.54. The summed E-state index contributed by atoms with van der Waals surface area (Å²) in [5, 5.41) is 7.96. The largest absolute Gasteiger partial charge is 0.493 e. The molecule has 0 aliphatic carbocycles. The number of methoxy groups -OCH3 is 2. The molecular formula is C17H18ClN3O3. The van der Waals surface area contributed by atoms with Crippen LogP contribution in [-0.4, -0.2) is 24.4 Å². The first-order valence-electron chi connectivity index (χ1n) is 7.10. The van der Waals surface area contributed by atoms with Gasteiger partial charge in [-0.1, -0.05) is 12.1 Å². The Morgan fingerprint density at radius 1 is 1.08 bits per heavy atom. The minimum absolute atomic E-state index is 0. The van der Waals surface area contributed by atoms with E-state index in [4.69, 9.17) is 15.2 Å². The Morgan fingerprint density at radius 2 is 1.75 bits per heavy atom. The van der Waals surface area contributed by atoms with E-state index in [0.717, 1.165) is 16.6 Å². The Hall–Kier alpha value is -2.73. The maximum atomic E-state index is 12.1. The first-order valence-corrected chi connectivity index (χ1v) is 7.10. The van der Waals surface area contributed by atoms with Gasteiger partial charge in [0.15, 0.2) is 11.5 Å². The third-order valence-corrected chi connectivity index (χ3v) is 3.69. The van der Waals surface area contributed by atoms with E-state index < -0.39 is 0 Å². The van der Waals surface area contributed by atoms with Gasteiger partial charge in [0.1, 0.15) is 0 Å². The number of halogens is 1. The highest BCUT2D eigenvalue weighted by molar-refractivity contribution is 5.87. The molecule has 3 aromatic rings. The van der Waals surface area contributed by atoms with E-state index in [1.807, 2.05) is 24.3 Å². The summed E-state index contributed by atoms with van der Waals surface area (Å²) in [7, 11) is 3.09. The van der Waals surface area contributed by atoms with Gasteiger partial charge >= 0.3 is 0 Å². The van der Waals surface area contributed by atoms with E-state index in [1.54, 1.807) is 19.2 Å². The third-order valence-electron chi connectivity index (χ3n) is 3.69. The predicted molar refractivity (Wildman–Crippen MR) is 96.4 cm³/mol. The molecule has 0 spiro atoms. The molecule has 7 heteroatoms. The molecule has 6 nitrogen and oxygen atoms in total. The summed E-state index contributed by atoms with van der Waals surface area (Å²) in [6.07, 6.45) is 0.549. The van der Waals surface area contributed by atoms with Crippen LogP contribution in [-0.2, 0) is 6.42 Å². The lowest BCUT2D eigenvalue weighted by Gasteiger charge is -2.11. The number of hydrogen-bond acceptors (Lipinski definition) is 5. The Balaban J connectivity index is 0.00000208. The van der Waals surface area contributed by atoms with Gasteiger partial charge in [0, 0.05) is 17.5 Å². The average molecular weight is 348 g/mol. The number of H-pyrrole nitrogens is 1. The molecule has 24 heavy (non-hydrogen) atoms. The van der Waals surface area contributed by atoms with Crippen LogP contribution in [0, 0.1) is 0 Å². The molecular weight excluding hydrogens is 330 g/mol. The van der Waals surface area contributed by atoms with Crippen LogP contribution >= 0.6 is 12.4 Å². The molecule has 126 valence electrons. The van der Waals surface area contributed by atoms with Crippen LogP contribution in [0.5, 0.6) is 11.5 Å². The van der Waals surface area contributed by atoms with Crippen LogP contribution in [0.1, 0.15) is 11.3 Å². The number of nitrogens with two attached hydrogens (primary N) is 1. The fourth-order valence-electron chi connectivity index (χ4n) is 2.58. The number of hydrogen-bond donors (Lipinski definition) is 2. The van der Waals surface area contributed by atoms with Crippen LogP contribution in [0.4, 0.5) is 5.69 Å². The molecule has 0 atom stereocenters. The van der Waals surface area contributed by atoms with Gasteiger partial charge in [0.2, 0.25) is 0 Å². The Morgan fingerprint density at radius 3 is 2.38 bits per heavy atom. The minimum Gasteiger partial charge on any atom is -0.493 e. The Labute approximate surface area is 145 Å². The van der Waals surface area contributed by atoms with Crippen molar-refractivity contribution in [2.45, 2.75) is 6.42 Å². The summed E-state index contributed by atoms with van der Waals surface area (Å²) in [6.45, 7) is 0. The lowest BCUT2D eigenvalue weighted by atomic mass is 10.0. The van der Waals surface area contributed by atoms with E-state index in [9.17, 15) is 4.79 Å². The maximum absolute atomic E-state index is 12.1. The molecule has 1 aromatic heterocycles. The first kappa shape index (κ1) is 17.6. The quantitative estimate of drug-likeness (QED) is 0.708. The fourth-order valence-corrected chi connectivity index (χ4v) is 2.58. The number of aromatic amines is 1. The van der Waals surface area contributed by atoms with E-state index in [-0.39, 0.29) is 18.0 Å². The number of aromatic nitrogens is 2. The van der Waals surface area contributed by atoms with Crippen LogP contribution in [0.15, 0.2) is 41.2 Å². The second-order valence-corrected chi connectivity index (χ2v) is 5.17.